The van der Waals surface area contributed by atoms with Crippen LogP contribution in [0.2, 0.25) is 0 Å². The number of anilines is 3. The van der Waals surface area contributed by atoms with Crippen LogP contribution in [0.4, 0.5) is 22.2 Å². The van der Waals surface area contributed by atoms with Crippen molar-refractivity contribution >= 4 is 29.5 Å². The number of primary amides is 1. The molecule has 1 aromatic carbocycles. The van der Waals surface area contributed by atoms with E-state index < -0.39 is 5.91 Å². The Hall–Kier alpha value is -3.36. The summed E-state index contributed by atoms with van der Waals surface area (Å²) in [6.45, 7) is 3.37. The number of para-hydroxylation sites is 1. The number of nitrogens with two attached hydrogens (primary N) is 1. The molecule has 1 aliphatic rings. The number of hydrogen-bond donors (Lipinski definition) is 3. The van der Waals surface area contributed by atoms with E-state index >= 15 is 0 Å². The Balaban J connectivity index is 1.67. The van der Waals surface area contributed by atoms with Crippen molar-refractivity contribution in [3.05, 3.63) is 42.1 Å². The van der Waals surface area contributed by atoms with Crippen molar-refractivity contribution in [3.63, 3.8) is 0 Å². The quantitative estimate of drug-likeness (QED) is 0.698. The van der Waals surface area contributed by atoms with Gasteiger partial charge in [0.05, 0.1) is 6.61 Å². The first-order valence-electron chi connectivity index (χ1n) is 9.24. The van der Waals surface area contributed by atoms with Crippen molar-refractivity contribution in [2.45, 2.75) is 25.8 Å². The summed E-state index contributed by atoms with van der Waals surface area (Å²) in [6.07, 6.45) is 2.64. The second kappa shape index (κ2) is 9.03. The fourth-order valence-corrected chi connectivity index (χ4v) is 2.99. The maximum atomic E-state index is 11.8. The van der Waals surface area contributed by atoms with Crippen LogP contribution in [0.1, 0.15) is 30.1 Å². The van der Waals surface area contributed by atoms with E-state index in [1.807, 2.05) is 30.3 Å². The molecule has 2 aromatic rings. The number of rotatable bonds is 6. The van der Waals surface area contributed by atoms with Gasteiger partial charge in [0.2, 0.25) is 5.95 Å². The second-order valence-corrected chi connectivity index (χ2v) is 6.42. The largest absolute Gasteiger partial charge is 0.450 e. The minimum Gasteiger partial charge on any atom is -0.450 e. The number of likely N-dealkylation sites (tertiary alicyclic amines) is 1. The molecule has 1 fully saturated rings. The van der Waals surface area contributed by atoms with Gasteiger partial charge in [-0.3, -0.25) is 4.79 Å². The monoisotopic (exact) mass is 384 g/mol. The number of carbonyl (C=O) groups is 2. The van der Waals surface area contributed by atoms with E-state index in [1.54, 1.807) is 11.8 Å². The fourth-order valence-electron chi connectivity index (χ4n) is 2.99. The normalized spacial score (nSPS) is 14.4. The first kappa shape index (κ1) is 19.4. The van der Waals surface area contributed by atoms with Gasteiger partial charge in [-0.25, -0.2) is 9.78 Å². The molecule has 0 atom stereocenters. The molecule has 1 aromatic heterocycles. The number of nitrogens with one attached hydrogen (secondary N) is 2. The first-order chi connectivity index (χ1) is 13.6. The molecule has 3 rings (SSSR count). The van der Waals surface area contributed by atoms with E-state index in [1.165, 1.54) is 6.20 Å². The summed E-state index contributed by atoms with van der Waals surface area (Å²) in [6, 6.07) is 9.51. The molecule has 0 unspecified atom stereocenters. The van der Waals surface area contributed by atoms with E-state index in [0.717, 1.165) is 18.5 Å². The standard InChI is InChI=1S/C19H24N6O3/c1-2-28-19(27)25-10-8-14(9-11-25)23-18-21-12-15(16(20)26)17(24-18)22-13-6-4-3-5-7-13/h3-7,12,14H,2,8-11H2,1H3,(H2,20,26)(H2,21,22,23,24). The van der Waals surface area contributed by atoms with Crippen molar-refractivity contribution in [1.82, 2.24) is 14.9 Å². The predicted molar refractivity (Wildman–Crippen MR) is 106 cm³/mol. The van der Waals surface area contributed by atoms with Gasteiger partial charge in [0.15, 0.2) is 0 Å². The van der Waals surface area contributed by atoms with Crippen LogP contribution in [0.15, 0.2) is 36.5 Å². The summed E-state index contributed by atoms with van der Waals surface area (Å²) in [7, 11) is 0. The number of hydrogen-bond acceptors (Lipinski definition) is 7. The van der Waals surface area contributed by atoms with E-state index in [0.29, 0.717) is 31.5 Å². The van der Waals surface area contributed by atoms with Crippen molar-refractivity contribution in [3.8, 4) is 0 Å². The summed E-state index contributed by atoms with van der Waals surface area (Å²) in [5.41, 5.74) is 6.45. The molecule has 0 bridgehead atoms. The lowest BCUT2D eigenvalue weighted by molar-refractivity contribution is 0.0980. The first-order valence-corrected chi connectivity index (χ1v) is 9.24. The van der Waals surface area contributed by atoms with Crippen LogP contribution in [-0.4, -0.2) is 52.6 Å². The van der Waals surface area contributed by atoms with Crippen LogP contribution in [0.5, 0.6) is 0 Å². The average Bonchev–Trinajstić information content (AvgIpc) is 2.69. The Labute approximate surface area is 163 Å². The topological polar surface area (TPSA) is 122 Å². The highest BCUT2D eigenvalue weighted by atomic mass is 16.6. The molecule has 148 valence electrons. The van der Waals surface area contributed by atoms with Gasteiger partial charge in [-0.1, -0.05) is 18.2 Å². The molecule has 9 heteroatoms. The van der Waals surface area contributed by atoms with E-state index in [9.17, 15) is 9.59 Å². The van der Waals surface area contributed by atoms with Crippen LogP contribution in [0.3, 0.4) is 0 Å². The van der Waals surface area contributed by atoms with Gasteiger partial charge >= 0.3 is 6.09 Å². The number of benzene rings is 1. The van der Waals surface area contributed by atoms with Crippen molar-refractivity contribution in [2.24, 2.45) is 5.73 Å². The molecule has 2 heterocycles. The lowest BCUT2D eigenvalue weighted by Crippen LogP contribution is -2.42. The van der Waals surface area contributed by atoms with Gasteiger partial charge in [-0.05, 0) is 31.9 Å². The molecule has 1 aliphatic heterocycles. The van der Waals surface area contributed by atoms with Gasteiger partial charge in [0.1, 0.15) is 11.4 Å². The number of carbonyl (C=O) groups excluding carboxylic acids is 2. The summed E-state index contributed by atoms with van der Waals surface area (Å²) in [4.78, 5) is 33.8. The third kappa shape index (κ3) is 4.87. The minimum atomic E-state index is -0.604. The zero-order valence-corrected chi connectivity index (χ0v) is 15.7. The van der Waals surface area contributed by atoms with Crippen molar-refractivity contribution in [2.75, 3.05) is 30.3 Å². The van der Waals surface area contributed by atoms with Crippen molar-refractivity contribution in [1.29, 1.82) is 0 Å². The SMILES string of the molecule is CCOC(=O)N1CCC(Nc2ncc(C(N)=O)c(Nc3ccccc3)n2)CC1. The number of piperidine rings is 1. The summed E-state index contributed by atoms with van der Waals surface area (Å²) >= 11 is 0. The van der Waals surface area contributed by atoms with Crippen LogP contribution in [-0.2, 0) is 4.74 Å². The van der Waals surface area contributed by atoms with Crippen LogP contribution in [0, 0.1) is 0 Å². The molecule has 0 radical (unpaired) electrons. The molecule has 0 saturated carbocycles. The smallest absolute Gasteiger partial charge is 0.409 e. The van der Waals surface area contributed by atoms with Gasteiger partial charge in [-0.2, -0.15) is 4.98 Å². The molecule has 1 saturated heterocycles. The highest BCUT2D eigenvalue weighted by Crippen LogP contribution is 2.21. The molecule has 2 amide bonds. The van der Waals surface area contributed by atoms with Crippen LogP contribution >= 0.6 is 0 Å². The predicted octanol–water partition coefficient (Wildman–Crippen LogP) is 2.35. The molecular formula is C19H24N6O3. The number of amides is 2. The summed E-state index contributed by atoms with van der Waals surface area (Å²) < 4.78 is 5.03. The minimum absolute atomic E-state index is 0.120. The summed E-state index contributed by atoms with van der Waals surface area (Å²) in [5, 5.41) is 6.38. The van der Waals surface area contributed by atoms with E-state index in [2.05, 4.69) is 20.6 Å². The number of nitrogens with zero attached hydrogens (tertiary/aromatic N) is 3. The van der Waals surface area contributed by atoms with E-state index in [4.69, 9.17) is 10.5 Å². The molecule has 0 aliphatic carbocycles. The third-order valence-electron chi connectivity index (χ3n) is 4.44. The molecule has 0 spiro atoms. The molecule has 28 heavy (non-hydrogen) atoms. The Kier molecular flexibility index (Phi) is 6.25. The summed E-state index contributed by atoms with van der Waals surface area (Å²) in [5.74, 6) is 0.144. The molecular weight excluding hydrogens is 360 g/mol. The zero-order chi connectivity index (χ0) is 19.9. The van der Waals surface area contributed by atoms with Crippen LogP contribution in [0.25, 0.3) is 0 Å². The second-order valence-electron chi connectivity index (χ2n) is 6.42. The van der Waals surface area contributed by atoms with Crippen molar-refractivity contribution < 1.29 is 14.3 Å². The Morgan fingerprint density at radius 2 is 1.96 bits per heavy atom. The van der Waals surface area contributed by atoms with Gasteiger partial charge in [0.25, 0.3) is 5.91 Å². The highest BCUT2D eigenvalue weighted by molar-refractivity contribution is 5.98. The average molecular weight is 384 g/mol. The Morgan fingerprint density at radius 3 is 2.61 bits per heavy atom. The zero-order valence-electron chi connectivity index (χ0n) is 15.7. The van der Waals surface area contributed by atoms with Gasteiger partial charge in [-0.15, -0.1) is 0 Å². The number of ether oxygens (including phenoxy) is 1. The Morgan fingerprint density at radius 1 is 1.25 bits per heavy atom. The Bertz CT molecular complexity index is 822. The van der Waals surface area contributed by atoms with Crippen LogP contribution < -0.4 is 16.4 Å². The molecule has 4 N–H and O–H groups in total. The highest BCUT2D eigenvalue weighted by Gasteiger charge is 2.24. The van der Waals surface area contributed by atoms with Gasteiger partial charge in [0, 0.05) is 31.0 Å². The number of aromatic nitrogens is 2. The maximum Gasteiger partial charge on any atom is 0.409 e. The van der Waals surface area contributed by atoms with Gasteiger partial charge < -0.3 is 26.0 Å². The van der Waals surface area contributed by atoms with E-state index in [-0.39, 0.29) is 17.7 Å². The lowest BCUT2D eigenvalue weighted by Gasteiger charge is -2.31. The fraction of sp³-hybridized carbons (Fsp3) is 0.368. The maximum absolute atomic E-state index is 11.8. The molecule has 9 nitrogen and oxygen atoms in total. The lowest BCUT2D eigenvalue weighted by atomic mass is 10.1. The third-order valence-corrected chi connectivity index (χ3v) is 4.44.